The van der Waals surface area contributed by atoms with Crippen molar-refractivity contribution in [2.75, 3.05) is 13.2 Å². The topological polar surface area (TPSA) is 73.3 Å². The number of rotatable bonds is 11. The SMILES string of the molecule is Cc1cn(CCC(COCc2ccccc2)COCc2ccccc2)c(=O)[nH]c1=O. The second-order valence-electron chi connectivity index (χ2n) is 7.42. The molecule has 30 heavy (non-hydrogen) atoms. The molecule has 0 aliphatic heterocycles. The van der Waals surface area contributed by atoms with E-state index < -0.39 is 0 Å². The highest BCUT2D eigenvalue weighted by atomic mass is 16.5. The van der Waals surface area contributed by atoms with Crippen LogP contribution in [0.2, 0.25) is 0 Å². The fraction of sp³-hybridized carbons (Fsp3) is 0.333. The van der Waals surface area contributed by atoms with E-state index in [4.69, 9.17) is 9.47 Å². The summed E-state index contributed by atoms with van der Waals surface area (Å²) in [5.41, 5.74) is 2.03. The molecule has 6 heteroatoms. The summed E-state index contributed by atoms with van der Waals surface area (Å²) in [5, 5.41) is 0. The van der Waals surface area contributed by atoms with E-state index in [1.807, 2.05) is 60.7 Å². The molecule has 0 aliphatic rings. The first-order valence-electron chi connectivity index (χ1n) is 10.2. The van der Waals surface area contributed by atoms with Crippen LogP contribution in [0.5, 0.6) is 0 Å². The minimum Gasteiger partial charge on any atom is -0.376 e. The third-order valence-corrected chi connectivity index (χ3v) is 4.90. The highest BCUT2D eigenvalue weighted by molar-refractivity contribution is 5.14. The van der Waals surface area contributed by atoms with Crippen molar-refractivity contribution in [2.45, 2.75) is 33.1 Å². The van der Waals surface area contributed by atoms with Crippen LogP contribution in [0.1, 0.15) is 23.1 Å². The summed E-state index contributed by atoms with van der Waals surface area (Å²) in [6.45, 7) is 4.31. The van der Waals surface area contributed by atoms with Crippen LogP contribution in [0.15, 0.2) is 76.4 Å². The average molecular weight is 408 g/mol. The molecule has 1 heterocycles. The van der Waals surface area contributed by atoms with Gasteiger partial charge in [0.2, 0.25) is 0 Å². The number of aromatic amines is 1. The summed E-state index contributed by atoms with van der Waals surface area (Å²) in [7, 11) is 0. The summed E-state index contributed by atoms with van der Waals surface area (Å²) >= 11 is 0. The number of aromatic nitrogens is 2. The van der Waals surface area contributed by atoms with Gasteiger partial charge in [0.05, 0.1) is 26.4 Å². The maximum atomic E-state index is 12.0. The minimum atomic E-state index is -0.389. The van der Waals surface area contributed by atoms with Crippen LogP contribution in [0.25, 0.3) is 0 Å². The number of benzene rings is 2. The molecule has 0 radical (unpaired) electrons. The van der Waals surface area contributed by atoms with Crippen molar-refractivity contribution in [3.8, 4) is 0 Å². The van der Waals surface area contributed by atoms with E-state index >= 15 is 0 Å². The quantitative estimate of drug-likeness (QED) is 0.528. The Morgan fingerprint density at radius 2 is 1.40 bits per heavy atom. The van der Waals surface area contributed by atoms with Gasteiger partial charge in [-0.1, -0.05) is 60.7 Å². The van der Waals surface area contributed by atoms with Crippen molar-refractivity contribution < 1.29 is 9.47 Å². The van der Waals surface area contributed by atoms with Gasteiger partial charge in [0.25, 0.3) is 5.56 Å². The molecule has 3 aromatic rings. The lowest BCUT2D eigenvalue weighted by atomic mass is 10.1. The molecule has 0 fully saturated rings. The smallest absolute Gasteiger partial charge is 0.328 e. The highest BCUT2D eigenvalue weighted by Crippen LogP contribution is 2.11. The van der Waals surface area contributed by atoms with Gasteiger partial charge in [0.15, 0.2) is 0 Å². The van der Waals surface area contributed by atoms with Gasteiger partial charge in [-0.05, 0) is 24.5 Å². The van der Waals surface area contributed by atoms with E-state index in [9.17, 15) is 9.59 Å². The molecule has 0 amide bonds. The summed E-state index contributed by atoms with van der Waals surface area (Å²) in [6, 6.07) is 20.0. The predicted molar refractivity (Wildman–Crippen MR) is 116 cm³/mol. The Kier molecular flexibility index (Phi) is 8.18. The Balaban J connectivity index is 1.56. The maximum absolute atomic E-state index is 12.0. The van der Waals surface area contributed by atoms with Gasteiger partial charge in [-0.2, -0.15) is 0 Å². The molecule has 1 N–H and O–H groups in total. The van der Waals surface area contributed by atoms with E-state index in [0.717, 1.165) is 11.1 Å². The second-order valence-corrected chi connectivity index (χ2v) is 7.42. The largest absolute Gasteiger partial charge is 0.376 e. The van der Waals surface area contributed by atoms with Crippen LogP contribution in [0.3, 0.4) is 0 Å². The maximum Gasteiger partial charge on any atom is 0.328 e. The summed E-state index contributed by atoms with van der Waals surface area (Å²) in [4.78, 5) is 26.0. The molecule has 0 aliphatic carbocycles. The van der Waals surface area contributed by atoms with Crippen molar-refractivity contribution in [1.29, 1.82) is 0 Å². The first kappa shape index (κ1) is 21.7. The fourth-order valence-corrected chi connectivity index (χ4v) is 3.16. The van der Waals surface area contributed by atoms with Crippen LogP contribution in [0, 0.1) is 12.8 Å². The zero-order chi connectivity index (χ0) is 21.2. The number of ether oxygens (including phenoxy) is 2. The predicted octanol–water partition coefficient (Wildman–Crippen LogP) is 3.28. The highest BCUT2D eigenvalue weighted by Gasteiger charge is 2.12. The molecule has 0 bridgehead atoms. The number of H-pyrrole nitrogens is 1. The van der Waals surface area contributed by atoms with E-state index in [1.54, 1.807) is 13.1 Å². The molecule has 0 saturated carbocycles. The third kappa shape index (κ3) is 6.83. The van der Waals surface area contributed by atoms with Crippen LogP contribution < -0.4 is 11.2 Å². The zero-order valence-electron chi connectivity index (χ0n) is 17.3. The van der Waals surface area contributed by atoms with Crippen LogP contribution in [-0.2, 0) is 29.2 Å². The molecule has 1 aromatic heterocycles. The third-order valence-electron chi connectivity index (χ3n) is 4.90. The van der Waals surface area contributed by atoms with Crippen molar-refractivity contribution in [2.24, 2.45) is 5.92 Å². The monoisotopic (exact) mass is 408 g/mol. The number of nitrogens with zero attached hydrogens (tertiary/aromatic N) is 1. The Morgan fingerprint density at radius 1 is 0.867 bits per heavy atom. The first-order valence-corrected chi connectivity index (χ1v) is 10.2. The Hall–Kier alpha value is -2.96. The van der Waals surface area contributed by atoms with Gasteiger partial charge in [-0.15, -0.1) is 0 Å². The molecule has 158 valence electrons. The molecule has 0 spiro atoms. The summed E-state index contributed by atoms with van der Waals surface area (Å²) < 4.78 is 13.4. The molecular weight excluding hydrogens is 380 g/mol. The lowest BCUT2D eigenvalue weighted by molar-refractivity contribution is 0.0224. The molecule has 0 atom stereocenters. The molecule has 0 saturated heterocycles. The van der Waals surface area contributed by atoms with Crippen LogP contribution in [-0.4, -0.2) is 22.8 Å². The number of nitrogens with one attached hydrogen (secondary N) is 1. The Labute approximate surface area is 176 Å². The molecular formula is C24H28N2O4. The van der Waals surface area contributed by atoms with Crippen molar-refractivity contribution in [3.63, 3.8) is 0 Å². The van der Waals surface area contributed by atoms with Gasteiger partial charge in [-0.25, -0.2) is 4.79 Å². The number of aryl methyl sites for hydroxylation is 2. The van der Waals surface area contributed by atoms with E-state index in [2.05, 4.69) is 4.98 Å². The van der Waals surface area contributed by atoms with Gasteiger partial charge >= 0.3 is 5.69 Å². The van der Waals surface area contributed by atoms with Crippen LogP contribution >= 0.6 is 0 Å². The standard InChI is InChI=1S/C24H28N2O4/c1-19-14-26(24(28)25-23(19)27)13-12-22(17-29-15-20-8-4-2-5-9-20)18-30-16-21-10-6-3-7-11-21/h2-11,14,22H,12-13,15-18H2,1H3,(H,25,27,28). The van der Waals surface area contributed by atoms with Gasteiger partial charge in [0, 0.05) is 24.2 Å². The van der Waals surface area contributed by atoms with Crippen LogP contribution in [0.4, 0.5) is 0 Å². The number of hydrogen-bond acceptors (Lipinski definition) is 4. The minimum absolute atomic E-state index is 0.122. The fourth-order valence-electron chi connectivity index (χ4n) is 3.16. The molecule has 2 aromatic carbocycles. The first-order chi connectivity index (χ1) is 14.6. The number of hydrogen-bond donors (Lipinski definition) is 1. The van der Waals surface area contributed by atoms with E-state index in [-0.39, 0.29) is 17.2 Å². The van der Waals surface area contributed by atoms with Gasteiger partial charge in [-0.3, -0.25) is 9.78 Å². The lowest BCUT2D eigenvalue weighted by Gasteiger charge is -2.18. The van der Waals surface area contributed by atoms with Gasteiger partial charge < -0.3 is 14.0 Å². The molecule has 0 unspecified atom stereocenters. The average Bonchev–Trinajstić information content (AvgIpc) is 2.76. The zero-order valence-corrected chi connectivity index (χ0v) is 17.3. The Morgan fingerprint density at radius 3 is 1.93 bits per heavy atom. The molecule has 6 nitrogen and oxygen atoms in total. The van der Waals surface area contributed by atoms with Crippen molar-refractivity contribution in [3.05, 3.63) is 104 Å². The van der Waals surface area contributed by atoms with E-state index in [1.165, 1.54) is 4.57 Å². The van der Waals surface area contributed by atoms with Crippen molar-refractivity contribution in [1.82, 2.24) is 9.55 Å². The van der Waals surface area contributed by atoms with E-state index in [0.29, 0.717) is 45.0 Å². The second kappa shape index (κ2) is 11.3. The Bertz CT molecular complexity index is 967. The summed E-state index contributed by atoms with van der Waals surface area (Å²) in [5.74, 6) is 0.122. The summed E-state index contributed by atoms with van der Waals surface area (Å²) in [6.07, 6.45) is 2.31. The van der Waals surface area contributed by atoms with Gasteiger partial charge in [0.1, 0.15) is 0 Å². The van der Waals surface area contributed by atoms with Crippen molar-refractivity contribution >= 4 is 0 Å². The lowest BCUT2D eigenvalue weighted by Crippen LogP contribution is -2.32. The molecule has 3 rings (SSSR count). The normalized spacial score (nSPS) is 11.1.